The maximum atomic E-state index is 5.04. The van der Waals surface area contributed by atoms with Gasteiger partial charge in [0.25, 0.3) is 0 Å². The summed E-state index contributed by atoms with van der Waals surface area (Å²) in [4.78, 5) is 8.29. The van der Waals surface area contributed by atoms with Gasteiger partial charge in [-0.2, -0.15) is 5.10 Å². The van der Waals surface area contributed by atoms with Crippen LogP contribution < -0.4 is 9.80 Å². The number of aromatic nitrogens is 3. The monoisotopic (exact) mass is 391 g/mol. The van der Waals surface area contributed by atoms with Gasteiger partial charge in [-0.3, -0.25) is 4.68 Å². The molecule has 0 fully saturated rings. The zero-order valence-electron chi connectivity index (χ0n) is 18.4. The summed E-state index contributed by atoms with van der Waals surface area (Å²) >= 11 is 0. The van der Waals surface area contributed by atoms with Crippen LogP contribution in [0, 0.1) is 20.8 Å². The molecule has 3 aromatic rings. The summed E-state index contributed by atoms with van der Waals surface area (Å²) in [7, 11) is 2.10. The Morgan fingerprint density at radius 1 is 1.17 bits per heavy atom. The summed E-state index contributed by atoms with van der Waals surface area (Å²) in [6.07, 6.45) is 5.36. The van der Waals surface area contributed by atoms with Crippen LogP contribution in [0.15, 0.2) is 30.5 Å². The molecule has 5 heteroatoms. The molecule has 0 radical (unpaired) electrons. The molecule has 2 aromatic heterocycles. The Kier molecular flexibility index (Phi) is 5.39. The van der Waals surface area contributed by atoms with Crippen LogP contribution in [0.4, 0.5) is 17.3 Å². The van der Waals surface area contributed by atoms with Crippen LogP contribution in [-0.4, -0.2) is 27.9 Å². The Labute approximate surface area is 174 Å². The number of nitrogens with one attached hydrogen (secondary N) is 1. The lowest BCUT2D eigenvalue weighted by molar-refractivity contribution is 0.682. The van der Waals surface area contributed by atoms with E-state index < -0.39 is 0 Å². The predicted molar refractivity (Wildman–Crippen MR) is 121 cm³/mol. The van der Waals surface area contributed by atoms with E-state index in [2.05, 4.69) is 78.5 Å². The first-order valence-electron chi connectivity index (χ1n) is 10.8. The lowest BCUT2D eigenvalue weighted by atomic mass is 10.00. The van der Waals surface area contributed by atoms with Crippen molar-refractivity contribution in [3.8, 4) is 0 Å². The van der Waals surface area contributed by atoms with E-state index in [1.807, 2.05) is 6.20 Å². The fourth-order valence-electron chi connectivity index (χ4n) is 4.92. The van der Waals surface area contributed by atoms with Gasteiger partial charge in [-0.15, -0.1) is 0 Å². The lowest BCUT2D eigenvalue weighted by Crippen LogP contribution is -2.29. The van der Waals surface area contributed by atoms with Crippen molar-refractivity contribution >= 4 is 17.3 Å². The van der Waals surface area contributed by atoms with Crippen molar-refractivity contribution in [2.75, 3.05) is 22.9 Å². The third-order valence-electron chi connectivity index (χ3n) is 5.88. The molecule has 0 saturated carbocycles. The molecule has 1 aromatic carbocycles. The van der Waals surface area contributed by atoms with Gasteiger partial charge in [-0.05, 0) is 63.3 Å². The summed E-state index contributed by atoms with van der Waals surface area (Å²) in [6, 6.07) is 8.81. The summed E-state index contributed by atoms with van der Waals surface area (Å²) in [5.74, 6) is 2.40. The smallest absolute Gasteiger partial charge is 0.160 e. The molecule has 0 bridgehead atoms. The minimum atomic E-state index is 0.884. The van der Waals surface area contributed by atoms with Crippen LogP contribution in [0.1, 0.15) is 47.7 Å². The Hall–Kier alpha value is -2.69. The first-order chi connectivity index (χ1) is 14.0. The molecule has 1 aliphatic heterocycles. The van der Waals surface area contributed by atoms with E-state index in [1.165, 1.54) is 39.5 Å². The van der Waals surface area contributed by atoms with Crippen LogP contribution >= 0.6 is 0 Å². The molecule has 29 heavy (non-hydrogen) atoms. The molecule has 0 amide bonds. The Morgan fingerprint density at radius 3 is 2.59 bits per heavy atom. The van der Waals surface area contributed by atoms with Crippen LogP contribution in [0.25, 0.3) is 0 Å². The second kappa shape index (κ2) is 7.97. The topological polar surface area (TPSA) is 40.1 Å². The van der Waals surface area contributed by atoms with Crippen molar-refractivity contribution in [1.82, 2.24) is 14.8 Å². The van der Waals surface area contributed by atoms with Gasteiger partial charge in [0, 0.05) is 43.3 Å². The van der Waals surface area contributed by atoms with Gasteiger partial charge in [-0.25, -0.2) is 0 Å². The SMILES string of the molecule is CCCN(Cc1ccc[nH]1)c1c2c(nn1C)N(c1c(C)cc(C)cc1C)CCC2. The molecule has 1 aliphatic rings. The molecule has 0 spiro atoms. The molecule has 154 valence electrons. The molecule has 0 unspecified atom stereocenters. The predicted octanol–water partition coefficient (Wildman–Crippen LogP) is 5.17. The fourth-order valence-corrected chi connectivity index (χ4v) is 4.92. The second-order valence-electron chi connectivity index (χ2n) is 8.37. The van der Waals surface area contributed by atoms with Gasteiger partial charge in [0.05, 0.1) is 6.54 Å². The summed E-state index contributed by atoms with van der Waals surface area (Å²) < 4.78 is 2.10. The third kappa shape index (κ3) is 3.66. The molecule has 0 atom stereocenters. The zero-order chi connectivity index (χ0) is 20.5. The van der Waals surface area contributed by atoms with E-state index in [1.54, 1.807) is 0 Å². The van der Waals surface area contributed by atoms with Crippen molar-refractivity contribution in [2.45, 2.75) is 53.5 Å². The van der Waals surface area contributed by atoms with E-state index in [4.69, 9.17) is 5.10 Å². The van der Waals surface area contributed by atoms with Gasteiger partial charge < -0.3 is 14.8 Å². The highest BCUT2D eigenvalue weighted by molar-refractivity contribution is 5.74. The van der Waals surface area contributed by atoms with E-state index in [0.717, 1.165) is 44.7 Å². The number of benzene rings is 1. The molecule has 3 heterocycles. The first kappa shape index (κ1) is 19.6. The van der Waals surface area contributed by atoms with Gasteiger partial charge in [0.2, 0.25) is 0 Å². The number of fused-ring (bicyclic) bond motifs is 1. The molecule has 0 aliphatic carbocycles. The van der Waals surface area contributed by atoms with Crippen molar-refractivity contribution in [1.29, 1.82) is 0 Å². The van der Waals surface area contributed by atoms with E-state index in [-0.39, 0.29) is 0 Å². The molecule has 1 N–H and O–H groups in total. The van der Waals surface area contributed by atoms with E-state index in [9.17, 15) is 0 Å². The van der Waals surface area contributed by atoms with Crippen LogP contribution in [0.3, 0.4) is 0 Å². The maximum Gasteiger partial charge on any atom is 0.160 e. The summed E-state index contributed by atoms with van der Waals surface area (Å²) in [5.41, 5.74) is 7.94. The van der Waals surface area contributed by atoms with Crippen LogP contribution in [-0.2, 0) is 20.0 Å². The van der Waals surface area contributed by atoms with Gasteiger partial charge >= 0.3 is 0 Å². The van der Waals surface area contributed by atoms with E-state index >= 15 is 0 Å². The van der Waals surface area contributed by atoms with Crippen molar-refractivity contribution in [3.05, 3.63) is 58.4 Å². The number of hydrogen-bond donors (Lipinski definition) is 1. The molecule has 4 rings (SSSR count). The molecular weight excluding hydrogens is 358 g/mol. The fraction of sp³-hybridized carbons (Fsp3) is 0.458. The quantitative estimate of drug-likeness (QED) is 0.630. The summed E-state index contributed by atoms with van der Waals surface area (Å²) in [6.45, 7) is 11.8. The number of anilines is 3. The number of rotatable bonds is 6. The zero-order valence-corrected chi connectivity index (χ0v) is 18.4. The number of aromatic amines is 1. The van der Waals surface area contributed by atoms with Crippen molar-refractivity contribution in [2.24, 2.45) is 7.05 Å². The number of hydrogen-bond acceptors (Lipinski definition) is 3. The van der Waals surface area contributed by atoms with Gasteiger partial charge in [0.1, 0.15) is 5.82 Å². The average Bonchev–Trinajstić information content (AvgIpc) is 3.28. The van der Waals surface area contributed by atoms with Crippen LogP contribution in [0.2, 0.25) is 0 Å². The Morgan fingerprint density at radius 2 is 1.93 bits per heavy atom. The largest absolute Gasteiger partial charge is 0.364 e. The molecular formula is C24H33N5. The second-order valence-corrected chi connectivity index (χ2v) is 8.37. The third-order valence-corrected chi connectivity index (χ3v) is 5.88. The number of nitrogens with zero attached hydrogens (tertiary/aromatic N) is 4. The van der Waals surface area contributed by atoms with E-state index in [0.29, 0.717) is 0 Å². The normalized spacial score (nSPS) is 13.6. The molecule has 5 nitrogen and oxygen atoms in total. The van der Waals surface area contributed by atoms with Gasteiger partial charge in [-0.1, -0.05) is 24.6 Å². The number of H-pyrrole nitrogens is 1. The minimum Gasteiger partial charge on any atom is -0.364 e. The van der Waals surface area contributed by atoms with Crippen molar-refractivity contribution in [3.63, 3.8) is 0 Å². The Bertz CT molecular complexity index is 960. The van der Waals surface area contributed by atoms with Crippen molar-refractivity contribution < 1.29 is 0 Å². The minimum absolute atomic E-state index is 0.884. The number of aryl methyl sites for hydroxylation is 4. The first-order valence-corrected chi connectivity index (χ1v) is 10.8. The molecule has 0 saturated heterocycles. The highest BCUT2D eigenvalue weighted by atomic mass is 15.4. The highest BCUT2D eigenvalue weighted by Crippen LogP contribution is 2.41. The lowest BCUT2D eigenvalue weighted by Gasteiger charge is -2.32. The summed E-state index contributed by atoms with van der Waals surface area (Å²) in [5, 5.41) is 5.04. The maximum absolute atomic E-state index is 5.04. The van der Waals surface area contributed by atoms with Gasteiger partial charge in [0.15, 0.2) is 5.82 Å². The van der Waals surface area contributed by atoms with Crippen LogP contribution in [0.5, 0.6) is 0 Å². The standard InChI is InChI=1S/C24H33N5/c1-6-12-28(16-20-9-7-11-25-20)24-21-10-8-13-29(23(21)26-27(24)5)22-18(3)14-17(2)15-19(22)4/h7,9,11,14-15,25H,6,8,10,12-13,16H2,1-5H3. The average molecular weight is 392 g/mol. The highest BCUT2D eigenvalue weighted by Gasteiger charge is 2.29. The Balaban J connectivity index is 1.77.